The minimum Gasteiger partial charge on any atom is -0.0922 e. The maximum Gasteiger partial charge on any atom is 0.0453 e. The molecule has 0 saturated heterocycles. The van der Waals surface area contributed by atoms with E-state index >= 15 is 0 Å². The minimum absolute atomic E-state index is 0.261. The molecule has 1 aromatic rings. The molecule has 0 bridgehead atoms. The molecule has 0 aromatic heterocycles. The highest BCUT2D eigenvalue weighted by atomic mass is 79.9. The summed E-state index contributed by atoms with van der Waals surface area (Å²) in [6.45, 7) is 4.46. The fourth-order valence-electron chi connectivity index (χ4n) is 1.39. The van der Waals surface area contributed by atoms with Crippen LogP contribution in [-0.2, 0) is 6.42 Å². The molecule has 0 spiro atoms. The van der Waals surface area contributed by atoms with Crippen molar-refractivity contribution in [2.75, 3.05) is 5.33 Å². The van der Waals surface area contributed by atoms with Gasteiger partial charge in [0, 0.05) is 15.4 Å². The van der Waals surface area contributed by atoms with Gasteiger partial charge in [-0.05, 0) is 36.0 Å². The number of halogens is 3. The highest BCUT2D eigenvalue weighted by Gasteiger charge is 2.22. The van der Waals surface area contributed by atoms with Crippen molar-refractivity contribution >= 4 is 39.1 Å². The van der Waals surface area contributed by atoms with Crippen molar-refractivity contribution in [3.8, 4) is 0 Å². The molecule has 0 radical (unpaired) electrons. The lowest BCUT2D eigenvalue weighted by molar-refractivity contribution is 0.361. The smallest absolute Gasteiger partial charge is 0.0453 e. The second kappa shape index (κ2) is 5.56. The van der Waals surface area contributed by atoms with Gasteiger partial charge in [-0.3, -0.25) is 0 Å². The van der Waals surface area contributed by atoms with Gasteiger partial charge in [0.05, 0.1) is 0 Å². The molecular formula is C12H15BrCl2. The second-order valence-electron chi connectivity index (χ2n) is 4.21. The molecule has 3 heteroatoms. The standard InChI is InChI=1S/C12H15BrCl2/c1-3-12(2,8-13)7-9-4-5-10(14)6-11(9)15/h4-6H,3,7-8H2,1-2H3. The topological polar surface area (TPSA) is 0 Å². The summed E-state index contributed by atoms with van der Waals surface area (Å²) in [7, 11) is 0. The summed E-state index contributed by atoms with van der Waals surface area (Å²) in [6.07, 6.45) is 2.10. The van der Waals surface area contributed by atoms with Crippen molar-refractivity contribution in [3.05, 3.63) is 33.8 Å². The van der Waals surface area contributed by atoms with Crippen molar-refractivity contribution in [1.82, 2.24) is 0 Å². The second-order valence-corrected chi connectivity index (χ2v) is 5.61. The van der Waals surface area contributed by atoms with Gasteiger partial charge in [-0.1, -0.05) is 59.0 Å². The van der Waals surface area contributed by atoms with Crippen LogP contribution in [0.25, 0.3) is 0 Å². The monoisotopic (exact) mass is 308 g/mol. The molecule has 0 N–H and O–H groups in total. The largest absolute Gasteiger partial charge is 0.0922 e. The molecule has 15 heavy (non-hydrogen) atoms. The van der Waals surface area contributed by atoms with Crippen LogP contribution in [0, 0.1) is 5.41 Å². The third-order valence-corrected chi connectivity index (χ3v) is 4.75. The van der Waals surface area contributed by atoms with Gasteiger partial charge in [0.1, 0.15) is 0 Å². The molecule has 0 fully saturated rings. The van der Waals surface area contributed by atoms with Crippen LogP contribution in [0.3, 0.4) is 0 Å². The van der Waals surface area contributed by atoms with Crippen molar-refractivity contribution in [3.63, 3.8) is 0 Å². The fourth-order valence-corrected chi connectivity index (χ4v) is 2.46. The quantitative estimate of drug-likeness (QED) is 0.658. The van der Waals surface area contributed by atoms with Gasteiger partial charge in [0.2, 0.25) is 0 Å². The average molecular weight is 310 g/mol. The zero-order chi connectivity index (χ0) is 11.5. The summed E-state index contributed by atoms with van der Waals surface area (Å²) >= 11 is 15.6. The van der Waals surface area contributed by atoms with Crippen LogP contribution in [0.15, 0.2) is 18.2 Å². The highest BCUT2D eigenvalue weighted by Crippen LogP contribution is 2.32. The van der Waals surface area contributed by atoms with E-state index < -0.39 is 0 Å². The Morgan fingerprint density at radius 3 is 2.47 bits per heavy atom. The molecular weight excluding hydrogens is 295 g/mol. The van der Waals surface area contributed by atoms with E-state index in [0.717, 1.165) is 23.2 Å². The van der Waals surface area contributed by atoms with Gasteiger partial charge < -0.3 is 0 Å². The maximum absolute atomic E-state index is 6.15. The van der Waals surface area contributed by atoms with E-state index in [4.69, 9.17) is 23.2 Å². The zero-order valence-electron chi connectivity index (χ0n) is 8.99. The third kappa shape index (κ3) is 3.65. The maximum atomic E-state index is 6.15. The van der Waals surface area contributed by atoms with Gasteiger partial charge in [-0.2, -0.15) is 0 Å². The molecule has 1 rings (SSSR count). The molecule has 0 amide bonds. The lowest BCUT2D eigenvalue weighted by Crippen LogP contribution is -2.20. The van der Waals surface area contributed by atoms with Crippen LogP contribution >= 0.6 is 39.1 Å². The molecule has 0 nitrogen and oxygen atoms in total. The number of hydrogen-bond donors (Lipinski definition) is 0. The van der Waals surface area contributed by atoms with Gasteiger partial charge >= 0.3 is 0 Å². The lowest BCUT2D eigenvalue weighted by Gasteiger charge is -2.26. The Kier molecular flexibility index (Phi) is 4.95. The number of rotatable bonds is 4. The molecule has 1 aromatic carbocycles. The number of alkyl halides is 1. The SMILES string of the molecule is CCC(C)(CBr)Cc1ccc(Cl)cc1Cl. The minimum atomic E-state index is 0.261. The van der Waals surface area contributed by atoms with Crippen molar-refractivity contribution in [2.45, 2.75) is 26.7 Å². The Morgan fingerprint density at radius 1 is 1.33 bits per heavy atom. The molecule has 0 heterocycles. The molecule has 1 unspecified atom stereocenters. The molecule has 0 aliphatic heterocycles. The average Bonchev–Trinajstić information content (AvgIpc) is 2.22. The Hall–Kier alpha value is 0.280. The van der Waals surface area contributed by atoms with Gasteiger partial charge in [0.25, 0.3) is 0 Å². The normalized spacial score (nSPS) is 15.0. The third-order valence-electron chi connectivity index (χ3n) is 2.81. The van der Waals surface area contributed by atoms with E-state index in [9.17, 15) is 0 Å². The van der Waals surface area contributed by atoms with Crippen LogP contribution in [0.1, 0.15) is 25.8 Å². The van der Waals surface area contributed by atoms with Crippen LogP contribution in [0.5, 0.6) is 0 Å². The van der Waals surface area contributed by atoms with Crippen LogP contribution in [0.4, 0.5) is 0 Å². The summed E-state index contributed by atoms with van der Waals surface area (Å²) in [6, 6.07) is 5.72. The molecule has 0 saturated carbocycles. The zero-order valence-corrected chi connectivity index (χ0v) is 12.1. The first-order valence-electron chi connectivity index (χ1n) is 5.00. The van der Waals surface area contributed by atoms with E-state index in [1.54, 1.807) is 0 Å². The van der Waals surface area contributed by atoms with Gasteiger partial charge in [-0.15, -0.1) is 0 Å². The first-order valence-corrected chi connectivity index (χ1v) is 6.88. The van der Waals surface area contributed by atoms with Crippen molar-refractivity contribution in [2.24, 2.45) is 5.41 Å². The fraction of sp³-hybridized carbons (Fsp3) is 0.500. The first-order chi connectivity index (χ1) is 7.00. The van der Waals surface area contributed by atoms with Crippen molar-refractivity contribution < 1.29 is 0 Å². The van der Waals surface area contributed by atoms with Crippen LogP contribution < -0.4 is 0 Å². The Morgan fingerprint density at radius 2 is 2.00 bits per heavy atom. The Bertz CT molecular complexity index is 332. The highest BCUT2D eigenvalue weighted by molar-refractivity contribution is 9.09. The Labute approximate surface area is 110 Å². The van der Waals surface area contributed by atoms with Crippen LogP contribution in [-0.4, -0.2) is 5.33 Å². The lowest BCUT2D eigenvalue weighted by atomic mass is 9.83. The first kappa shape index (κ1) is 13.3. The van der Waals surface area contributed by atoms with Gasteiger partial charge in [-0.25, -0.2) is 0 Å². The molecule has 84 valence electrons. The summed E-state index contributed by atoms with van der Waals surface area (Å²) in [5.74, 6) is 0. The van der Waals surface area contributed by atoms with Gasteiger partial charge in [0.15, 0.2) is 0 Å². The molecule has 0 aliphatic carbocycles. The van der Waals surface area contributed by atoms with Crippen molar-refractivity contribution in [1.29, 1.82) is 0 Å². The predicted molar refractivity (Wildman–Crippen MR) is 72.4 cm³/mol. The molecule has 0 aliphatic rings. The van der Waals surface area contributed by atoms with E-state index in [2.05, 4.69) is 29.8 Å². The van der Waals surface area contributed by atoms with Crippen LogP contribution in [0.2, 0.25) is 10.0 Å². The number of benzene rings is 1. The summed E-state index contributed by atoms with van der Waals surface area (Å²) in [5.41, 5.74) is 1.43. The summed E-state index contributed by atoms with van der Waals surface area (Å²) in [5, 5.41) is 2.44. The molecule has 1 atom stereocenters. The van der Waals surface area contributed by atoms with E-state index in [1.165, 1.54) is 5.56 Å². The predicted octanol–water partition coefficient (Wildman–Crippen LogP) is 5.35. The Balaban J connectivity index is 2.89. The summed E-state index contributed by atoms with van der Waals surface area (Å²) < 4.78 is 0. The van der Waals surface area contributed by atoms with E-state index in [0.29, 0.717) is 5.02 Å². The van der Waals surface area contributed by atoms with E-state index in [-0.39, 0.29) is 5.41 Å². The van der Waals surface area contributed by atoms with E-state index in [1.807, 2.05) is 18.2 Å². The number of hydrogen-bond acceptors (Lipinski definition) is 0. The summed E-state index contributed by atoms with van der Waals surface area (Å²) in [4.78, 5) is 0.